The molecular formula is C22H22Cl2FN3O3. The van der Waals surface area contributed by atoms with Crippen LogP contribution < -0.4 is 5.32 Å². The van der Waals surface area contributed by atoms with E-state index < -0.39 is 11.6 Å². The topological polar surface area (TPSA) is 95.3 Å². The smallest absolute Gasteiger partial charge is 0.170 e. The van der Waals surface area contributed by atoms with Crippen molar-refractivity contribution in [2.24, 2.45) is 0 Å². The first-order valence-electron chi connectivity index (χ1n) is 9.77. The number of rotatable bonds is 4. The number of hydrogen-bond donors (Lipinski definition) is 3. The fraction of sp³-hybridized carbons (Fsp3) is 0.318. The number of phenolic OH excluding ortho intramolecular Hbond substituents is 1. The summed E-state index contributed by atoms with van der Waals surface area (Å²) in [5, 5.41) is 22.7. The summed E-state index contributed by atoms with van der Waals surface area (Å²) in [7, 11) is 0. The second kappa shape index (κ2) is 9.34. The lowest BCUT2D eigenvalue weighted by Gasteiger charge is -2.28. The summed E-state index contributed by atoms with van der Waals surface area (Å²) in [4.78, 5) is 21.2. The monoisotopic (exact) mass is 465 g/mol. The molecule has 0 atom stereocenters. The third-order valence-electron chi connectivity index (χ3n) is 5.45. The second-order valence-electron chi connectivity index (χ2n) is 7.61. The number of phenols is 1. The van der Waals surface area contributed by atoms with Gasteiger partial charge in [-0.15, -0.1) is 12.4 Å². The van der Waals surface area contributed by atoms with Gasteiger partial charge in [0.1, 0.15) is 5.52 Å². The van der Waals surface area contributed by atoms with Crippen LogP contribution in [0.15, 0.2) is 30.5 Å². The predicted octanol–water partition coefficient (Wildman–Crippen LogP) is 5.13. The molecule has 0 aliphatic heterocycles. The van der Waals surface area contributed by atoms with Crippen LogP contribution in [0, 0.1) is 5.82 Å². The first-order chi connectivity index (χ1) is 14.3. The molecule has 2 heterocycles. The van der Waals surface area contributed by atoms with E-state index in [2.05, 4.69) is 15.3 Å². The van der Waals surface area contributed by atoms with Crippen molar-refractivity contribution in [1.82, 2.24) is 9.97 Å². The summed E-state index contributed by atoms with van der Waals surface area (Å²) >= 11 is 5.92. The van der Waals surface area contributed by atoms with Crippen LogP contribution >= 0.6 is 24.0 Å². The highest BCUT2D eigenvalue weighted by Gasteiger charge is 2.23. The Morgan fingerprint density at radius 2 is 1.94 bits per heavy atom. The number of halogens is 3. The molecule has 1 saturated carbocycles. The SMILES string of the molecule is CC(=O)c1cnc2ccc(-c3cc(F)c(O)c(Cl)c3)nc2c1NC1CCC(O)CC1.Cl. The number of nitrogens with one attached hydrogen (secondary N) is 1. The maximum absolute atomic E-state index is 14.0. The van der Waals surface area contributed by atoms with E-state index in [1.165, 1.54) is 19.2 Å². The molecule has 9 heteroatoms. The number of nitrogens with zero attached hydrogens (tertiary/aromatic N) is 2. The van der Waals surface area contributed by atoms with E-state index in [9.17, 15) is 19.4 Å². The van der Waals surface area contributed by atoms with Crippen molar-refractivity contribution < 1.29 is 19.4 Å². The predicted molar refractivity (Wildman–Crippen MR) is 121 cm³/mol. The lowest BCUT2D eigenvalue weighted by Crippen LogP contribution is -2.29. The maximum Gasteiger partial charge on any atom is 0.170 e. The molecule has 0 saturated heterocycles. The third kappa shape index (κ3) is 4.74. The normalized spacial score (nSPS) is 18.5. The van der Waals surface area contributed by atoms with Crippen LogP contribution in [-0.4, -0.2) is 38.1 Å². The first-order valence-corrected chi connectivity index (χ1v) is 10.1. The summed E-state index contributed by atoms with van der Waals surface area (Å²) in [5.41, 5.74) is 2.93. The van der Waals surface area contributed by atoms with E-state index in [0.717, 1.165) is 18.9 Å². The number of carbonyl (C=O) groups excluding carboxylic acids is 1. The molecule has 0 amide bonds. The van der Waals surface area contributed by atoms with E-state index in [4.69, 9.17) is 11.6 Å². The number of anilines is 1. The summed E-state index contributed by atoms with van der Waals surface area (Å²) in [6.45, 7) is 1.47. The average Bonchev–Trinajstić information content (AvgIpc) is 2.73. The van der Waals surface area contributed by atoms with Gasteiger partial charge < -0.3 is 15.5 Å². The number of aliphatic hydroxyl groups is 1. The highest BCUT2D eigenvalue weighted by atomic mass is 35.5. The molecule has 0 bridgehead atoms. The number of aliphatic hydroxyl groups excluding tert-OH is 1. The molecule has 3 N–H and O–H groups in total. The van der Waals surface area contributed by atoms with Gasteiger partial charge >= 0.3 is 0 Å². The molecule has 1 fully saturated rings. The Hall–Kier alpha value is -2.48. The molecule has 0 radical (unpaired) electrons. The van der Waals surface area contributed by atoms with Crippen LogP contribution in [0.2, 0.25) is 5.02 Å². The van der Waals surface area contributed by atoms with E-state index in [1.807, 2.05) is 0 Å². The lowest BCUT2D eigenvalue weighted by molar-refractivity contribution is 0.101. The van der Waals surface area contributed by atoms with Crippen molar-refractivity contribution in [1.29, 1.82) is 0 Å². The van der Waals surface area contributed by atoms with Crippen LogP contribution in [0.1, 0.15) is 43.0 Å². The quantitative estimate of drug-likeness (QED) is 0.462. The van der Waals surface area contributed by atoms with Crippen LogP contribution in [0.4, 0.5) is 10.1 Å². The average molecular weight is 466 g/mol. The molecule has 2 aromatic heterocycles. The number of ketones is 1. The number of fused-ring (bicyclic) bond motifs is 1. The van der Waals surface area contributed by atoms with E-state index in [1.54, 1.807) is 12.1 Å². The Bertz CT molecular complexity index is 1110. The van der Waals surface area contributed by atoms with Crippen molar-refractivity contribution in [3.63, 3.8) is 0 Å². The fourth-order valence-electron chi connectivity index (χ4n) is 3.78. The number of aromatic nitrogens is 2. The van der Waals surface area contributed by atoms with Crippen LogP contribution in [-0.2, 0) is 0 Å². The van der Waals surface area contributed by atoms with Crippen molar-refractivity contribution >= 4 is 46.5 Å². The maximum atomic E-state index is 14.0. The van der Waals surface area contributed by atoms with E-state index in [0.29, 0.717) is 46.4 Å². The molecule has 4 rings (SSSR count). The molecule has 0 spiro atoms. The number of hydrogen-bond acceptors (Lipinski definition) is 6. The van der Waals surface area contributed by atoms with E-state index >= 15 is 0 Å². The molecule has 1 aromatic carbocycles. The Balaban J connectivity index is 0.00000272. The van der Waals surface area contributed by atoms with Gasteiger partial charge in [-0.3, -0.25) is 9.78 Å². The summed E-state index contributed by atoms with van der Waals surface area (Å²) in [5.74, 6) is -1.59. The minimum atomic E-state index is -0.839. The Labute approximate surface area is 189 Å². The molecule has 6 nitrogen and oxygen atoms in total. The van der Waals surface area contributed by atoms with Gasteiger partial charge in [-0.05, 0) is 56.9 Å². The Morgan fingerprint density at radius 3 is 2.58 bits per heavy atom. The van der Waals surface area contributed by atoms with Crippen LogP contribution in [0.3, 0.4) is 0 Å². The molecular weight excluding hydrogens is 444 g/mol. The first kappa shape index (κ1) is 23.2. The van der Waals surface area contributed by atoms with E-state index in [-0.39, 0.29) is 35.4 Å². The van der Waals surface area contributed by atoms with Crippen LogP contribution in [0.25, 0.3) is 22.3 Å². The van der Waals surface area contributed by atoms with Crippen LogP contribution in [0.5, 0.6) is 5.75 Å². The Morgan fingerprint density at radius 1 is 1.23 bits per heavy atom. The van der Waals surface area contributed by atoms with Gasteiger partial charge in [0.2, 0.25) is 0 Å². The van der Waals surface area contributed by atoms with Gasteiger partial charge in [-0.2, -0.15) is 0 Å². The lowest BCUT2D eigenvalue weighted by atomic mass is 9.92. The zero-order chi connectivity index (χ0) is 21.4. The third-order valence-corrected chi connectivity index (χ3v) is 5.74. The zero-order valence-electron chi connectivity index (χ0n) is 16.7. The number of carbonyl (C=O) groups is 1. The zero-order valence-corrected chi connectivity index (χ0v) is 18.3. The van der Waals surface area contributed by atoms with Gasteiger partial charge in [0.05, 0.1) is 33.6 Å². The van der Waals surface area contributed by atoms with Gasteiger partial charge in [0, 0.05) is 17.8 Å². The molecule has 31 heavy (non-hydrogen) atoms. The molecule has 1 aliphatic carbocycles. The van der Waals surface area contributed by atoms with Crippen molar-refractivity contribution in [3.8, 4) is 17.0 Å². The van der Waals surface area contributed by atoms with Gasteiger partial charge in [0.15, 0.2) is 17.3 Å². The molecule has 1 aliphatic rings. The van der Waals surface area contributed by atoms with Gasteiger partial charge in [0.25, 0.3) is 0 Å². The number of benzene rings is 1. The molecule has 164 valence electrons. The van der Waals surface area contributed by atoms with Crippen molar-refractivity contribution in [2.45, 2.75) is 44.8 Å². The minimum absolute atomic E-state index is 0. The van der Waals surface area contributed by atoms with Crippen molar-refractivity contribution in [3.05, 3.63) is 46.9 Å². The number of pyridine rings is 2. The number of aromatic hydroxyl groups is 1. The largest absolute Gasteiger partial charge is 0.504 e. The standard InChI is InChI=1S/C22H21ClFN3O3.ClH/c1-11(28)15-10-25-19-7-6-18(12-8-16(23)22(30)17(24)9-12)27-21(19)20(15)26-13-2-4-14(29)5-3-13;/h6-10,13-14,29-30H,2-5H2,1H3,(H,25,26);1H. The fourth-order valence-corrected chi connectivity index (χ4v) is 3.99. The molecule has 0 unspecified atom stereocenters. The van der Waals surface area contributed by atoms with Gasteiger partial charge in [-0.1, -0.05) is 11.6 Å². The second-order valence-corrected chi connectivity index (χ2v) is 8.01. The summed E-state index contributed by atoms with van der Waals surface area (Å²) in [6, 6.07) is 6.13. The Kier molecular flexibility index (Phi) is 6.99. The highest BCUT2D eigenvalue weighted by Crippen LogP contribution is 2.34. The summed E-state index contributed by atoms with van der Waals surface area (Å²) in [6.07, 6.45) is 4.19. The van der Waals surface area contributed by atoms with Gasteiger partial charge in [-0.25, -0.2) is 9.37 Å². The van der Waals surface area contributed by atoms with Crippen molar-refractivity contribution in [2.75, 3.05) is 5.32 Å². The summed E-state index contributed by atoms with van der Waals surface area (Å²) < 4.78 is 14.0. The minimum Gasteiger partial charge on any atom is -0.504 e. The highest BCUT2D eigenvalue weighted by molar-refractivity contribution is 6.32. The molecule has 3 aromatic rings. The number of Topliss-reactive ketones (excluding diaryl/α,β-unsaturated/α-hetero) is 1.